The van der Waals surface area contributed by atoms with Crippen molar-refractivity contribution in [2.45, 2.75) is 35.4 Å². The number of rotatable bonds is 13. The van der Waals surface area contributed by atoms with E-state index in [1.54, 1.807) is 85.8 Å². The van der Waals surface area contributed by atoms with Crippen molar-refractivity contribution in [2.75, 3.05) is 39.3 Å². The lowest BCUT2D eigenvalue weighted by Gasteiger charge is -2.41. The van der Waals surface area contributed by atoms with Gasteiger partial charge in [0.1, 0.15) is 17.5 Å². The standard InChI is InChI=1S/C44H41N9O10S/c1-2-48-22-23-49(39(57)38(48)56)42(59)47-33(29-12-6-3-7-13-29)36(54)46-34-37(55)50-27-44(64-40(34)50,41(58)63-35(30-14-8-4-9-15-30)31-16-10-5-11-17-31)51-24-25-52(43(51)60)45-26-28-18-20-32(21-19-28)53(61)62/h3-21,26,33-35,40H,2,22-25,27H2,1H3,(H,46,54)(H,47,59)/t33?,34-,40-,44-/m1/s1. The molecule has 0 aliphatic carbocycles. The molecule has 8 amide bonds. The summed E-state index contributed by atoms with van der Waals surface area (Å²) in [4.78, 5) is 110. The van der Waals surface area contributed by atoms with Gasteiger partial charge in [0, 0.05) is 38.3 Å². The van der Waals surface area contributed by atoms with Gasteiger partial charge in [-0.15, -0.1) is 0 Å². The number of amides is 8. The number of non-ortho nitro benzene ring substituents is 1. The summed E-state index contributed by atoms with van der Waals surface area (Å²) in [6.07, 6.45) is 0.449. The van der Waals surface area contributed by atoms with Crippen LogP contribution in [0.2, 0.25) is 0 Å². The second-order valence-corrected chi connectivity index (χ2v) is 16.5. The average molecular weight is 888 g/mol. The molecule has 0 spiro atoms. The summed E-state index contributed by atoms with van der Waals surface area (Å²) in [6.45, 7) is 1.74. The second-order valence-electron chi connectivity index (χ2n) is 15.1. The van der Waals surface area contributed by atoms with Gasteiger partial charge in [0.25, 0.3) is 5.69 Å². The first-order valence-corrected chi connectivity index (χ1v) is 21.2. The van der Waals surface area contributed by atoms with Crippen LogP contribution in [0, 0.1) is 10.1 Å². The Labute approximate surface area is 370 Å². The number of β-lactam (4-membered cyclic amide) rings is 1. The minimum atomic E-state index is -1.84. The van der Waals surface area contributed by atoms with Crippen molar-refractivity contribution in [2.24, 2.45) is 5.10 Å². The van der Waals surface area contributed by atoms with Crippen molar-refractivity contribution in [3.05, 3.63) is 148 Å². The molecule has 4 fully saturated rings. The summed E-state index contributed by atoms with van der Waals surface area (Å²) >= 11 is 0.967. The largest absolute Gasteiger partial charge is 0.450 e. The van der Waals surface area contributed by atoms with Gasteiger partial charge in [0.15, 0.2) is 6.10 Å². The minimum Gasteiger partial charge on any atom is -0.450 e. The number of nitrogens with zero attached hydrogens (tertiary/aromatic N) is 7. The van der Waals surface area contributed by atoms with Crippen LogP contribution in [0.5, 0.6) is 0 Å². The monoisotopic (exact) mass is 887 g/mol. The molecule has 4 aliphatic rings. The van der Waals surface area contributed by atoms with E-state index in [9.17, 15) is 43.7 Å². The van der Waals surface area contributed by atoms with Crippen LogP contribution in [-0.4, -0.2) is 133 Å². The normalized spacial score (nSPS) is 21.2. The van der Waals surface area contributed by atoms with Crippen molar-refractivity contribution in [1.82, 2.24) is 35.2 Å². The van der Waals surface area contributed by atoms with Gasteiger partial charge in [-0.3, -0.25) is 39.1 Å². The summed E-state index contributed by atoms with van der Waals surface area (Å²) < 4.78 is 6.37. The maximum absolute atomic E-state index is 15.0. The number of carbonyl (C=O) groups is 7. The summed E-state index contributed by atoms with van der Waals surface area (Å²) in [5.74, 6) is -4.07. The van der Waals surface area contributed by atoms with Crippen LogP contribution in [0.1, 0.15) is 41.3 Å². The molecule has 2 N–H and O–H groups in total. The molecule has 4 heterocycles. The van der Waals surface area contributed by atoms with Crippen LogP contribution in [-0.2, 0) is 28.7 Å². The van der Waals surface area contributed by atoms with Crippen molar-refractivity contribution >= 4 is 65.3 Å². The summed E-state index contributed by atoms with van der Waals surface area (Å²) in [6, 6.07) is 27.5. The van der Waals surface area contributed by atoms with Crippen molar-refractivity contribution < 1.29 is 43.2 Å². The predicted octanol–water partition coefficient (Wildman–Crippen LogP) is 3.24. The fourth-order valence-electron chi connectivity index (χ4n) is 7.92. The fourth-order valence-corrected chi connectivity index (χ4v) is 9.60. The molecule has 20 heteroatoms. The van der Waals surface area contributed by atoms with Crippen LogP contribution < -0.4 is 10.6 Å². The predicted molar refractivity (Wildman–Crippen MR) is 230 cm³/mol. The Balaban J connectivity index is 1.06. The van der Waals surface area contributed by atoms with E-state index in [1.165, 1.54) is 45.2 Å². The van der Waals surface area contributed by atoms with Crippen molar-refractivity contribution in [3.63, 3.8) is 0 Å². The average Bonchev–Trinajstić information content (AvgIpc) is 3.88. The highest BCUT2D eigenvalue weighted by atomic mass is 32.2. The molecule has 8 rings (SSSR count). The zero-order valence-electron chi connectivity index (χ0n) is 34.2. The number of thioether (sulfide) groups is 1. The first-order chi connectivity index (χ1) is 30.9. The molecule has 0 saturated carbocycles. The number of fused-ring (bicyclic) bond motifs is 1. The number of likely N-dealkylation sites (N-methyl/N-ethyl adjacent to an activating group) is 1. The Hall–Kier alpha value is -7.61. The zero-order chi connectivity index (χ0) is 45.1. The number of esters is 1. The summed E-state index contributed by atoms with van der Waals surface area (Å²) in [7, 11) is 0. The van der Waals surface area contributed by atoms with Gasteiger partial charge in [-0.1, -0.05) is 103 Å². The molecule has 0 aromatic heterocycles. The number of hydrazone groups is 1. The molecule has 4 aromatic carbocycles. The molecular formula is C44H41N9O10S. The number of ether oxygens (including phenoxy) is 1. The lowest BCUT2D eigenvalue weighted by atomic mass is 10.0. The van der Waals surface area contributed by atoms with Crippen LogP contribution >= 0.6 is 11.8 Å². The maximum Gasteiger partial charge on any atom is 0.345 e. The number of benzene rings is 4. The molecular weight excluding hydrogens is 847 g/mol. The number of hydrogen-bond acceptors (Lipinski definition) is 12. The zero-order valence-corrected chi connectivity index (χ0v) is 35.0. The van der Waals surface area contributed by atoms with E-state index in [0.29, 0.717) is 22.3 Å². The Morgan fingerprint density at radius 3 is 2.05 bits per heavy atom. The topological polar surface area (TPSA) is 224 Å². The number of urea groups is 2. The molecule has 4 aliphatic heterocycles. The lowest BCUT2D eigenvalue weighted by Crippen LogP contribution is -2.68. The number of carbonyl (C=O) groups excluding carboxylic acids is 7. The van der Waals surface area contributed by atoms with E-state index >= 15 is 0 Å². The Morgan fingerprint density at radius 2 is 1.45 bits per heavy atom. The molecule has 0 radical (unpaired) electrons. The van der Waals surface area contributed by atoms with Gasteiger partial charge >= 0.3 is 29.8 Å². The second kappa shape index (κ2) is 18.0. The van der Waals surface area contributed by atoms with Gasteiger partial charge in [-0.2, -0.15) is 5.10 Å². The molecule has 1 unspecified atom stereocenters. The third-order valence-corrected chi connectivity index (χ3v) is 13.0. The number of nitrogens with one attached hydrogen (secondary N) is 2. The Morgan fingerprint density at radius 1 is 0.844 bits per heavy atom. The van der Waals surface area contributed by atoms with Gasteiger partial charge in [-0.05, 0) is 41.3 Å². The van der Waals surface area contributed by atoms with Crippen molar-refractivity contribution in [1.29, 1.82) is 0 Å². The first kappa shape index (κ1) is 43.1. The molecule has 4 saturated heterocycles. The molecule has 4 aromatic rings. The maximum atomic E-state index is 15.0. The van der Waals surface area contributed by atoms with Gasteiger partial charge in [0.2, 0.25) is 16.7 Å². The highest BCUT2D eigenvalue weighted by molar-refractivity contribution is 8.02. The van der Waals surface area contributed by atoms with Gasteiger partial charge in [0.05, 0.1) is 24.2 Å². The quantitative estimate of drug-likeness (QED) is 0.0495. The summed E-state index contributed by atoms with van der Waals surface area (Å²) in [5.41, 5.74) is 1.99. The number of piperazine rings is 1. The number of imide groups is 1. The fraction of sp³-hybridized carbons (Fsp3) is 0.273. The van der Waals surface area contributed by atoms with E-state index in [-0.39, 0.29) is 45.0 Å². The third kappa shape index (κ3) is 8.21. The summed E-state index contributed by atoms with van der Waals surface area (Å²) in [5, 5.41) is 21.0. The lowest BCUT2D eigenvalue weighted by molar-refractivity contribution is -0.384. The minimum absolute atomic E-state index is 0.0124. The van der Waals surface area contributed by atoms with Crippen LogP contribution in [0.3, 0.4) is 0 Å². The molecule has 0 bridgehead atoms. The molecule has 4 atom stereocenters. The number of nitro benzene ring substituents is 1. The first-order valence-electron chi connectivity index (χ1n) is 20.3. The van der Waals surface area contributed by atoms with E-state index in [4.69, 9.17) is 4.74 Å². The molecule has 64 heavy (non-hydrogen) atoms. The van der Waals surface area contributed by atoms with Gasteiger partial charge in [-0.25, -0.2) is 19.4 Å². The van der Waals surface area contributed by atoms with E-state index < -0.39 is 75.0 Å². The number of nitro groups is 1. The van der Waals surface area contributed by atoms with Gasteiger partial charge < -0.3 is 25.2 Å². The van der Waals surface area contributed by atoms with Crippen LogP contribution in [0.25, 0.3) is 0 Å². The third-order valence-electron chi connectivity index (χ3n) is 11.4. The Bertz CT molecular complexity index is 2480. The van der Waals surface area contributed by atoms with Crippen LogP contribution in [0.15, 0.2) is 120 Å². The smallest absolute Gasteiger partial charge is 0.345 e. The van der Waals surface area contributed by atoms with E-state index in [1.807, 2.05) is 12.1 Å². The molecule has 19 nitrogen and oxygen atoms in total. The van der Waals surface area contributed by atoms with E-state index in [2.05, 4.69) is 15.7 Å². The molecule has 328 valence electrons. The van der Waals surface area contributed by atoms with Crippen molar-refractivity contribution in [3.8, 4) is 0 Å². The SMILES string of the molecule is CCN1CCN(C(=O)NC(C(=O)N[C@@H]2C(=O)N3C[C@@](C(=O)OC(c4ccccc4)c4ccccc4)(N4CCN(N=Cc5ccc([N+](=O)[O-])cc5)C4=O)S[C@H]23)c2ccccc2)C(=O)C1=O. The number of hydrogen-bond donors (Lipinski definition) is 2. The Kier molecular flexibility index (Phi) is 12.1. The highest BCUT2D eigenvalue weighted by Crippen LogP contribution is 2.51. The highest BCUT2D eigenvalue weighted by Gasteiger charge is 2.67. The van der Waals surface area contributed by atoms with Crippen LogP contribution in [0.4, 0.5) is 15.3 Å². The van der Waals surface area contributed by atoms with E-state index in [0.717, 1.165) is 21.7 Å².